The Morgan fingerprint density at radius 2 is 1.76 bits per heavy atom. The molecule has 9 nitrogen and oxygen atoms in total. The fourth-order valence-electron chi connectivity index (χ4n) is 9.87. The number of ether oxygens (including phenoxy) is 3. The Hall–Kier alpha value is -2.43. The number of Topliss-reactive ketones (excluding diaryl/α,β-unsaturated/α-hetero) is 1. The second kappa shape index (κ2) is 9.53. The third-order valence-corrected chi connectivity index (χ3v) is 11.8. The number of rotatable bonds is 5. The Morgan fingerprint density at radius 3 is 2.45 bits per heavy atom. The minimum Gasteiger partial charge on any atom is -0.481 e. The summed E-state index contributed by atoms with van der Waals surface area (Å²) in [5.74, 6) is -6.35. The Balaban J connectivity index is 1.32. The van der Waals surface area contributed by atoms with Gasteiger partial charge in [0.1, 0.15) is 0 Å². The fourth-order valence-corrected chi connectivity index (χ4v) is 9.87. The number of allylic oxidation sites excluding steroid dienone is 4. The van der Waals surface area contributed by atoms with Crippen molar-refractivity contribution in [1.82, 2.24) is 0 Å². The van der Waals surface area contributed by atoms with E-state index >= 15 is 4.39 Å². The van der Waals surface area contributed by atoms with Gasteiger partial charge in [-0.25, -0.2) is 4.39 Å². The van der Waals surface area contributed by atoms with Gasteiger partial charge in [0, 0.05) is 16.7 Å². The quantitative estimate of drug-likeness (QED) is 0.459. The Bertz CT molecular complexity index is 1290. The van der Waals surface area contributed by atoms with Crippen molar-refractivity contribution in [2.75, 3.05) is 6.61 Å². The molecule has 0 radical (unpaired) electrons. The maximum absolute atomic E-state index is 17.5. The van der Waals surface area contributed by atoms with E-state index in [1.54, 1.807) is 26.8 Å². The number of carboxylic acids is 1. The number of ketones is 2. The van der Waals surface area contributed by atoms with Gasteiger partial charge in [0.15, 0.2) is 29.4 Å². The van der Waals surface area contributed by atoms with Crippen LogP contribution in [0.4, 0.5) is 4.39 Å². The molecule has 10 atom stereocenters. The monoisotopic (exact) mass is 588 g/mol. The molecule has 1 saturated heterocycles. The van der Waals surface area contributed by atoms with Gasteiger partial charge in [-0.3, -0.25) is 19.2 Å². The first-order valence-electron chi connectivity index (χ1n) is 15.2. The highest BCUT2D eigenvalue weighted by Crippen LogP contribution is 2.72. The summed E-state index contributed by atoms with van der Waals surface area (Å²) in [5, 5.41) is 21.3. The van der Waals surface area contributed by atoms with Crippen LogP contribution in [0.25, 0.3) is 0 Å². The van der Waals surface area contributed by atoms with Gasteiger partial charge < -0.3 is 24.4 Å². The third-order valence-electron chi connectivity index (χ3n) is 11.8. The van der Waals surface area contributed by atoms with Gasteiger partial charge in [0.2, 0.25) is 5.78 Å². The van der Waals surface area contributed by atoms with Crippen LogP contribution >= 0.6 is 0 Å². The van der Waals surface area contributed by atoms with E-state index in [9.17, 15) is 29.4 Å². The van der Waals surface area contributed by atoms with E-state index < -0.39 is 88.1 Å². The number of esters is 1. The minimum absolute atomic E-state index is 0.0886. The largest absolute Gasteiger partial charge is 0.481 e. The van der Waals surface area contributed by atoms with Crippen LogP contribution in [0, 0.1) is 34.5 Å². The summed E-state index contributed by atoms with van der Waals surface area (Å²) in [6.45, 7) is 6.36. The Labute approximate surface area is 244 Å². The van der Waals surface area contributed by atoms with Crippen molar-refractivity contribution in [3.05, 3.63) is 23.8 Å². The zero-order valence-corrected chi connectivity index (χ0v) is 24.7. The van der Waals surface area contributed by atoms with Gasteiger partial charge >= 0.3 is 11.9 Å². The average molecular weight is 589 g/mol. The number of alkyl halides is 1. The summed E-state index contributed by atoms with van der Waals surface area (Å²) in [6.07, 6.45) is 5.52. The molecule has 1 aliphatic heterocycles. The normalized spacial score (nSPS) is 47.0. The summed E-state index contributed by atoms with van der Waals surface area (Å²) in [5.41, 5.74) is -5.22. The van der Waals surface area contributed by atoms with E-state index in [4.69, 9.17) is 14.2 Å². The van der Waals surface area contributed by atoms with Crippen molar-refractivity contribution in [1.29, 1.82) is 0 Å². The highest BCUT2D eigenvalue weighted by Gasteiger charge is 2.80. The van der Waals surface area contributed by atoms with E-state index in [0.29, 0.717) is 50.5 Å². The second-order valence-corrected chi connectivity index (χ2v) is 14.2. The maximum atomic E-state index is 17.5. The van der Waals surface area contributed by atoms with E-state index in [-0.39, 0.29) is 12.2 Å². The molecule has 0 aromatic carbocycles. The molecule has 0 aromatic heterocycles. The Kier molecular flexibility index (Phi) is 6.73. The third kappa shape index (κ3) is 3.83. The number of halogens is 1. The van der Waals surface area contributed by atoms with Crippen LogP contribution < -0.4 is 0 Å². The molecule has 0 aromatic rings. The maximum Gasteiger partial charge on any atom is 0.310 e. The highest BCUT2D eigenvalue weighted by molar-refractivity contribution is 6.01. The topological polar surface area (TPSA) is 136 Å². The first-order valence-corrected chi connectivity index (χ1v) is 15.2. The van der Waals surface area contributed by atoms with Crippen LogP contribution in [0.3, 0.4) is 0 Å². The van der Waals surface area contributed by atoms with Gasteiger partial charge in [-0.15, -0.1) is 0 Å². The molecule has 2 N–H and O–H groups in total. The molecule has 1 heterocycles. The summed E-state index contributed by atoms with van der Waals surface area (Å²) in [6, 6.07) is 0. The molecule has 230 valence electrons. The van der Waals surface area contributed by atoms with Crippen molar-refractivity contribution >= 4 is 23.5 Å². The summed E-state index contributed by atoms with van der Waals surface area (Å²) >= 11 is 0. The van der Waals surface area contributed by atoms with Crippen molar-refractivity contribution in [2.24, 2.45) is 34.5 Å². The predicted octanol–water partition coefficient (Wildman–Crippen LogP) is 3.86. The smallest absolute Gasteiger partial charge is 0.310 e. The van der Waals surface area contributed by atoms with E-state index in [2.05, 4.69) is 0 Å². The molecule has 5 fully saturated rings. The number of aliphatic carboxylic acids is 1. The number of carbonyl (C=O) groups excluding carboxylic acids is 3. The molecular formula is C32H41FO9. The minimum atomic E-state index is -2.07. The highest BCUT2D eigenvalue weighted by atomic mass is 19.1. The number of carboxylic acid groups (broad SMARTS) is 1. The average Bonchev–Trinajstić information content (AvgIpc) is 3.34. The lowest BCUT2D eigenvalue weighted by atomic mass is 9.44. The first kappa shape index (κ1) is 29.6. The summed E-state index contributed by atoms with van der Waals surface area (Å²) in [7, 11) is 0. The van der Waals surface area contributed by atoms with Gasteiger partial charge in [0.05, 0.1) is 24.0 Å². The van der Waals surface area contributed by atoms with Crippen LogP contribution in [0.2, 0.25) is 0 Å². The number of hydrogen-bond donors (Lipinski definition) is 2. The van der Waals surface area contributed by atoms with Crippen molar-refractivity contribution < 1.29 is 48.0 Å². The van der Waals surface area contributed by atoms with Gasteiger partial charge in [-0.2, -0.15) is 0 Å². The molecular weight excluding hydrogens is 547 g/mol. The molecule has 0 bridgehead atoms. The van der Waals surface area contributed by atoms with Gasteiger partial charge in [-0.1, -0.05) is 31.4 Å². The number of aliphatic hydroxyl groups excluding tert-OH is 1. The number of aliphatic hydroxyl groups is 1. The SMILES string of the molecule is CC1(C)O[C@@H]2C[C@H]3[C@@H]4CCC5=CC(=O)C=C[C@]5(C)[C@@]4(F)[C@@H](O)C[C@]3(C)[C@]2(C(=O)COC(=O)[C@@H]2CCCC[C@H]2C(=O)O)O1. The predicted molar refractivity (Wildman–Crippen MR) is 146 cm³/mol. The molecule has 42 heavy (non-hydrogen) atoms. The Morgan fingerprint density at radius 1 is 1.07 bits per heavy atom. The van der Waals surface area contributed by atoms with Crippen molar-refractivity contribution in [3.8, 4) is 0 Å². The van der Waals surface area contributed by atoms with Crippen LogP contribution in [-0.4, -0.2) is 69.6 Å². The van der Waals surface area contributed by atoms with Crippen LogP contribution in [0.5, 0.6) is 0 Å². The number of hydrogen-bond acceptors (Lipinski definition) is 8. The van der Waals surface area contributed by atoms with Crippen LogP contribution in [0.1, 0.15) is 79.1 Å². The van der Waals surface area contributed by atoms with E-state index in [1.165, 1.54) is 12.2 Å². The molecule has 4 saturated carbocycles. The lowest BCUT2D eigenvalue weighted by Gasteiger charge is -2.62. The molecule has 6 aliphatic rings. The van der Waals surface area contributed by atoms with Crippen LogP contribution in [-0.2, 0) is 33.4 Å². The van der Waals surface area contributed by atoms with E-state index in [1.807, 2.05) is 6.92 Å². The summed E-state index contributed by atoms with van der Waals surface area (Å²) in [4.78, 5) is 51.2. The lowest BCUT2D eigenvalue weighted by molar-refractivity contribution is -0.246. The standard InChI is InChI=1S/C32H41FO9/c1-28(2)41-25-14-22-21-10-9-17-13-18(34)11-12-29(17,3)31(21,33)23(35)15-30(22,4)32(25,42-28)24(36)16-40-27(39)20-8-6-5-7-19(20)26(37)38/h11-13,19-23,25,35H,5-10,14-16H2,1-4H3,(H,37,38)/t19-,20-,21+,22+,23+,25-,29+,30+,31+,32-/m1/s1. The molecule has 10 heteroatoms. The number of fused-ring (bicyclic) bond motifs is 7. The zero-order chi connectivity index (χ0) is 30.5. The lowest BCUT2D eigenvalue weighted by Crippen LogP contribution is -2.70. The van der Waals surface area contributed by atoms with Crippen molar-refractivity contribution in [3.63, 3.8) is 0 Å². The van der Waals surface area contributed by atoms with E-state index in [0.717, 1.165) is 0 Å². The molecule has 0 unspecified atom stereocenters. The molecule has 6 rings (SSSR count). The molecule has 0 spiro atoms. The summed E-state index contributed by atoms with van der Waals surface area (Å²) < 4.78 is 35.8. The zero-order valence-electron chi connectivity index (χ0n) is 24.7. The fraction of sp³-hybridized carbons (Fsp3) is 0.750. The second-order valence-electron chi connectivity index (χ2n) is 14.2. The van der Waals surface area contributed by atoms with Crippen molar-refractivity contribution in [2.45, 2.75) is 108 Å². The first-order chi connectivity index (χ1) is 19.6. The van der Waals surface area contributed by atoms with Gasteiger partial charge in [0.25, 0.3) is 0 Å². The number of carbonyl (C=O) groups is 4. The molecule has 5 aliphatic carbocycles. The molecule has 0 amide bonds. The van der Waals surface area contributed by atoms with Crippen LogP contribution in [0.15, 0.2) is 23.8 Å². The van der Waals surface area contributed by atoms with Gasteiger partial charge in [-0.05, 0) is 77.4 Å².